The van der Waals surface area contributed by atoms with Crippen LogP contribution in [0.15, 0.2) is 0 Å². The highest BCUT2D eigenvalue weighted by molar-refractivity contribution is 6.55. The van der Waals surface area contributed by atoms with Crippen molar-refractivity contribution in [1.29, 1.82) is 5.53 Å². The standard InChI is InChI=1S/C3H2N2O3/c4-5-1-2(6)3(7)8/h1,4H/p+1. The molecule has 0 saturated carbocycles. The second-order valence-electron chi connectivity index (χ2n) is 0.928. The van der Waals surface area contributed by atoms with Crippen LogP contribution in [0.4, 0.5) is 0 Å². The molecule has 0 rings (SSSR count). The number of carboxylic acid groups (broad SMARTS) is 1. The maximum atomic E-state index is 9.87. The zero-order valence-electron chi connectivity index (χ0n) is 3.79. The summed E-state index contributed by atoms with van der Waals surface area (Å²) >= 11 is 0. The largest absolute Gasteiger partial charge is 0.475 e. The lowest BCUT2D eigenvalue weighted by molar-refractivity contribution is -0.150. The monoisotopic (exact) mass is 115 g/mol. The molecule has 0 aliphatic carbocycles. The Balaban J connectivity index is 4.05. The van der Waals surface area contributed by atoms with E-state index in [-0.39, 0.29) is 0 Å². The Kier molecular flexibility index (Phi) is 2.16. The van der Waals surface area contributed by atoms with Crippen LogP contribution in [-0.2, 0) is 9.59 Å². The predicted molar refractivity (Wildman–Crippen MR) is 21.7 cm³/mol. The number of hydrogen-bond acceptors (Lipinski definition) is 3. The van der Waals surface area contributed by atoms with Gasteiger partial charge in [-0.05, 0) is 0 Å². The van der Waals surface area contributed by atoms with E-state index in [1.54, 1.807) is 0 Å². The van der Waals surface area contributed by atoms with Crippen molar-refractivity contribution in [2.75, 3.05) is 0 Å². The summed E-state index contributed by atoms with van der Waals surface area (Å²) in [6.07, 6.45) is 0.419. The first-order valence-electron chi connectivity index (χ1n) is 1.65. The fourth-order valence-corrected chi connectivity index (χ4v) is 0.114. The van der Waals surface area contributed by atoms with Gasteiger partial charge in [0.2, 0.25) is 0 Å². The zero-order valence-corrected chi connectivity index (χ0v) is 3.79. The lowest BCUT2D eigenvalue weighted by Gasteiger charge is -1.69. The van der Waals surface area contributed by atoms with Gasteiger partial charge in [-0.2, -0.15) is 0 Å². The Hall–Kier alpha value is -1.48. The van der Waals surface area contributed by atoms with E-state index >= 15 is 0 Å². The Morgan fingerprint density at radius 2 is 2.12 bits per heavy atom. The van der Waals surface area contributed by atoms with E-state index in [0.29, 0.717) is 6.21 Å². The summed E-state index contributed by atoms with van der Waals surface area (Å²) < 4.78 is 0. The molecular weight excluding hydrogens is 112 g/mol. The molecule has 0 amide bonds. The van der Waals surface area contributed by atoms with Gasteiger partial charge in [-0.25, -0.2) is 4.79 Å². The van der Waals surface area contributed by atoms with Gasteiger partial charge in [0.1, 0.15) is 0 Å². The van der Waals surface area contributed by atoms with Crippen molar-refractivity contribution in [3.63, 3.8) is 0 Å². The predicted octanol–water partition coefficient (Wildman–Crippen LogP) is -1.05. The van der Waals surface area contributed by atoms with Crippen molar-refractivity contribution in [2.45, 2.75) is 0 Å². The van der Waals surface area contributed by atoms with Crippen LogP contribution in [0.1, 0.15) is 0 Å². The number of carbonyl (C=O) groups excluding carboxylic acids is 1. The number of aliphatic carboxylic acids is 1. The Labute approximate surface area is 44.2 Å². The number of rotatable bonds is 2. The maximum absolute atomic E-state index is 9.87. The molecule has 0 bridgehead atoms. The van der Waals surface area contributed by atoms with Gasteiger partial charge in [0.05, 0.1) is 10.3 Å². The van der Waals surface area contributed by atoms with Crippen LogP contribution in [0.5, 0.6) is 0 Å². The van der Waals surface area contributed by atoms with Crippen molar-refractivity contribution >= 4 is 18.0 Å². The molecule has 8 heavy (non-hydrogen) atoms. The summed E-state index contributed by atoms with van der Waals surface area (Å²) in [6, 6.07) is 0. The van der Waals surface area contributed by atoms with Crippen molar-refractivity contribution in [2.24, 2.45) is 0 Å². The van der Waals surface area contributed by atoms with Gasteiger partial charge >= 0.3 is 18.0 Å². The number of nitrogens with zero attached hydrogens (tertiary/aromatic N) is 1. The molecule has 0 aliphatic rings. The van der Waals surface area contributed by atoms with Gasteiger partial charge in [-0.1, -0.05) is 0 Å². The summed E-state index contributed by atoms with van der Waals surface area (Å²) in [7, 11) is 0. The molecule has 0 radical (unpaired) electrons. The fourth-order valence-electron chi connectivity index (χ4n) is 0.114. The topological polar surface area (TPSA) is 92.3 Å². The molecule has 5 heteroatoms. The van der Waals surface area contributed by atoms with Gasteiger partial charge in [-0.15, -0.1) is 0 Å². The number of ketones is 1. The van der Waals surface area contributed by atoms with Gasteiger partial charge in [0.25, 0.3) is 0 Å². The maximum Gasteiger partial charge on any atom is 0.384 e. The lowest BCUT2D eigenvalue weighted by atomic mass is 10.4. The molecule has 0 saturated heterocycles. The van der Waals surface area contributed by atoms with E-state index in [4.69, 9.17) is 10.6 Å². The molecule has 0 spiro atoms. The van der Waals surface area contributed by atoms with Gasteiger partial charge < -0.3 is 5.11 Å². The molecule has 0 aromatic rings. The van der Waals surface area contributed by atoms with Crippen LogP contribution >= 0.6 is 0 Å². The highest BCUT2D eigenvalue weighted by atomic mass is 16.4. The average molecular weight is 115 g/mol. The minimum atomic E-state index is -1.60. The first-order chi connectivity index (χ1) is 3.68. The molecule has 5 nitrogen and oxygen atoms in total. The molecule has 0 heterocycles. The highest BCUT2D eigenvalue weighted by Crippen LogP contribution is 1.60. The van der Waals surface area contributed by atoms with Crippen LogP contribution < -0.4 is 0 Å². The van der Waals surface area contributed by atoms with Crippen LogP contribution in [0.3, 0.4) is 0 Å². The van der Waals surface area contributed by atoms with Gasteiger partial charge in [0, 0.05) is 0 Å². The highest BCUT2D eigenvalue weighted by Gasteiger charge is 2.12. The third-order valence-electron chi connectivity index (χ3n) is 0.393. The number of Topliss-reactive ketones (excluding diaryl/α,β-unsaturated/α-hetero) is 1. The van der Waals surface area contributed by atoms with Crippen LogP contribution in [-0.4, -0.2) is 27.9 Å². The second kappa shape index (κ2) is 2.65. The van der Waals surface area contributed by atoms with Gasteiger partial charge in [-0.3, -0.25) is 4.79 Å². The van der Waals surface area contributed by atoms with E-state index in [2.05, 4.69) is 4.79 Å². The fraction of sp³-hybridized carbons (Fsp3) is 0. The van der Waals surface area contributed by atoms with Crippen LogP contribution in [0.2, 0.25) is 0 Å². The average Bonchev–Trinajstić information content (AvgIpc) is 1.67. The lowest BCUT2D eigenvalue weighted by Crippen LogP contribution is -2.13. The van der Waals surface area contributed by atoms with E-state index < -0.39 is 11.8 Å². The molecular formula is C3H3N2O3+. The summed E-state index contributed by atoms with van der Waals surface area (Å²) in [5.74, 6) is -2.78. The molecule has 0 fully saturated rings. The summed E-state index contributed by atoms with van der Waals surface area (Å²) in [6.45, 7) is 0. The second-order valence-corrected chi connectivity index (χ2v) is 0.928. The molecule has 42 valence electrons. The Morgan fingerprint density at radius 1 is 1.62 bits per heavy atom. The van der Waals surface area contributed by atoms with E-state index in [1.807, 2.05) is 0 Å². The van der Waals surface area contributed by atoms with E-state index in [1.165, 1.54) is 0 Å². The quantitative estimate of drug-likeness (QED) is 0.208. The number of nitrogens with one attached hydrogen (secondary N) is 1. The van der Waals surface area contributed by atoms with Crippen molar-refractivity contribution in [1.82, 2.24) is 0 Å². The normalized spacial score (nSPS) is 7.00. The molecule has 0 atom stereocenters. The van der Waals surface area contributed by atoms with Crippen LogP contribution in [0.25, 0.3) is 0 Å². The third kappa shape index (κ3) is 1.84. The summed E-state index contributed by atoms with van der Waals surface area (Å²) in [4.78, 5) is 21.9. The third-order valence-corrected chi connectivity index (χ3v) is 0.393. The summed E-state index contributed by atoms with van der Waals surface area (Å²) in [5.41, 5.74) is 6.01. The Morgan fingerprint density at radius 3 is 2.25 bits per heavy atom. The number of carbonyl (C=O) groups is 2. The van der Waals surface area contributed by atoms with Crippen molar-refractivity contribution in [3.8, 4) is 0 Å². The van der Waals surface area contributed by atoms with Crippen LogP contribution in [0, 0.1) is 5.53 Å². The van der Waals surface area contributed by atoms with E-state index in [0.717, 1.165) is 0 Å². The van der Waals surface area contributed by atoms with Crippen molar-refractivity contribution in [3.05, 3.63) is 0 Å². The van der Waals surface area contributed by atoms with Gasteiger partial charge in [0.15, 0.2) is 0 Å². The van der Waals surface area contributed by atoms with Crippen molar-refractivity contribution < 1.29 is 19.5 Å². The molecule has 0 aromatic carbocycles. The number of carboxylic acids is 1. The summed E-state index contributed by atoms with van der Waals surface area (Å²) in [5, 5.41) is 7.79. The first kappa shape index (κ1) is 6.52. The Bertz CT molecular complexity index is 163. The molecule has 0 unspecified atom stereocenters. The minimum absolute atomic E-state index is 0.419. The van der Waals surface area contributed by atoms with E-state index in [9.17, 15) is 9.59 Å². The zero-order chi connectivity index (χ0) is 6.57. The molecule has 2 N–H and O–H groups in total. The number of hydrogen-bond donors (Lipinski definition) is 2. The first-order valence-corrected chi connectivity index (χ1v) is 1.65. The minimum Gasteiger partial charge on any atom is -0.475 e. The smallest absolute Gasteiger partial charge is 0.384 e. The molecule has 0 aliphatic heterocycles. The SMILES string of the molecule is N=[N+]=CC(=O)C(=O)O. The molecule has 0 aromatic heterocycles.